The lowest BCUT2D eigenvalue weighted by Gasteiger charge is -2.36. The minimum Gasteiger partial charge on any atom is -0.479 e. The number of methoxy groups -OCH3 is 1. The van der Waals surface area contributed by atoms with Gasteiger partial charge in [0.05, 0.1) is 19.1 Å². The van der Waals surface area contributed by atoms with Gasteiger partial charge in [-0.2, -0.15) is 5.26 Å². The van der Waals surface area contributed by atoms with Crippen molar-refractivity contribution in [3.05, 3.63) is 29.8 Å². The van der Waals surface area contributed by atoms with Crippen LogP contribution < -0.4 is 10.1 Å². The zero-order valence-corrected chi connectivity index (χ0v) is 14.8. The third kappa shape index (κ3) is 3.74. The molecule has 2 amide bonds. The zero-order valence-electron chi connectivity index (χ0n) is 14.8. The average Bonchev–Trinajstić information content (AvgIpc) is 3.07. The van der Waals surface area contributed by atoms with Crippen molar-refractivity contribution in [2.75, 3.05) is 20.3 Å². The fraction of sp³-hybridized carbons (Fsp3) is 0.526. The van der Waals surface area contributed by atoms with E-state index in [1.807, 2.05) is 35.2 Å². The molecule has 1 aromatic carbocycles. The van der Waals surface area contributed by atoms with Crippen LogP contribution in [0.4, 0.5) is 4.79 Å². The fourth-order valence-corrected chi connectivity index (χ4v) is 3.87. The van der Waals surface area contributed by atoms with E-state index < -0.39 is 0 Å². The quantitative estimate of drug-likeness (QED) is 0.817. The Labute approximate surface area is 152 Å². The van der Waals surface area contributed by atoms with Crippen LogP contribution in [0.15, 0.2) is 24.3 Å². The number of carbonyl (C=O) groups excluding carboxylic acids is 2. The van der Waals surface area contributed by atoms with E-state index >= 15 is 0 Å². The molecule has 1 aliphatic heterocycles. The average molecular weight is 357 g/mol. The molecule has 1 N–H and O–H groups in total. The van der Waals surface area contributed by atoms with Crippen molar-refractivity contribution in [2.45, 2.75) is 37.8 Å². The van der Waals surface area contributed by atoms with E-state index in [2.05, 4.69) is 5.32 Å². The van der Waals surface area contributed by atoms with E-state index in [9.17, 15) is 9.59 Å². The zero-order chi connectivity index (χ0) is 18.5. The standard InChI is InChI=1S/C19H23N3O4/c1-25-18(23)14-2-6-15(7-3-14)22-17(12-21-19(22)24)13-4-8-16(9-5-13)26-11-10-20/h4-5,8-9,14-15,17H,2-3,6-7,11-12H2,1H3,(H,21,24). The summed E-state index contributed by atoms with van der Waals surface area (Å²) in [6, 6.07) is 9.49. The van der Waals surface area contributed by atoms with E-state index in [1.54, 1.807) is 0 Å². The van der Waals surface area contributed by atoms with Gasteiger partial charge in [-0.25, -0.2) is 4.79 Å². The molecule has 2 aliphatic rings. The highest BCUT2D eigenvalue weighted by atomic mass is 16.5. The highest BCUT2D eigenvalue weighted by Gasteiger charge is 2.39. The number of nitriles is 1. The Morgan fingerprint density at radius 3 is 2.58 bits per heavy atom. The van der Waals surface area contributed by atoms with Crippen LogP contribution in [0.2, 0.25) is 0 Å². The van der Waals surface area contributed by atoms with Crippen LogP contribution in [0.25, 0.3) is 0 Å². The van der Waals surface area contributed by atoms with Gasteiger partial charge in [0, 0.05) is 12.6 Å². The second-order valence-electron chi connectivity index (χ2n) is 6.65. The third-order valence-electron chi connectivity index (χ3n) is 5.21. The van der Waals surface area contributed by atoms with Gasteiger partial charge in [-0.1, -0.05) is 12.1 Å². The number of benzene rings is 1. The Morgan fingerprint density at radius 1 is 1.27 bits per heavy atom. The van der Waals surface area contributed by atoms with Gasteiger partial charge in [-0.3, -0.25) is 4.79 Å². The molecule has 1 unspecified atom stereocenters. The normalized spacial score (nSPS) is 25.3. The molecule has 7 heteroatoms. The predicted molar refractivity (Wildman–Crippen MR) is 93.3 cm³/mol. The van der Waals surface area contributed by atoms with E-state index in [0.29, 0.717) is 12.3 Å². The molecule has 0 spiro atoms. The maximum absolute atomic E-state index is 12.4. The summed E-state index contributed by atoms with van der Waals surface area (Å²) in [5.74, 6) is 0.425. The van der Waals surface area contributed by atoms with Crippen LogP contribution in [0, 0.1) is 17.2 Å². The van der Waals surface area contributed by atoms with Gasteiger partial charge in [0.15, 0.2) is 6.61 Å². The lowest BCUT2D eigenvalue weighted by molar-refractivity contribution is -0.146. The lowest BCUT2D eigenvalue weighted by Crippen LogP contribution is -2.42. The minimum atomic E-state index is -0.154. The van der Waals surface area contributed by atoms with Crippen LogP contribution in [0.1, 0.15) is 37.3 Å². The number of hydrogen-bond donors (Lipinski definition) is 1. The summed E-state index contributed by atoms with van der Waals surface area (Å²) in [7, 11) is 1.42. The van der Waals surface area contributed by atoms with E-state index in [-0.39, 0.29) is 36.6 Å². The molecular weight excluding hydrogens is 334 g/mol. The largest absolute Gasteiger partial charge is 0.479 e. The lowest BCUT2D eigenvalue weighted by atomic mass is 9.84. The van der Waals surface area contributed by atoms with Gasteiger partial charge in [-0.05, 0) is 43.4 Å². The number of ether oxygens (including phenoxy) is 2. The first-order chi connectivity index (χ1) is 12.6. The molecule has 7 nitrogen and oxygen atoms in total. The molecule has 1 saturated carbocycles. The Balaban J connectivity index is 1.68. The highest BCUT2D eigenvalue weighted by molar-refractivity contribution is 5.78. The van der Waals surface area contributed by atoms with Crippen LogP contribution in [-0.4, -0.2) is 43.2 Å². The first-order valence-corrected chi connectivity index (χ1v) is 8.87. The van der Waals surface area contributed by atoms with Crippen molar-refractivity contribution in [2.24, 2.45) is 5.92 Å². The number of amides is 2. The number of carbonyl (C=O) groups is 2. The number of rotatable bonds is 5. The van der Waals surface area contributed by atoms with Crippen LogP contribution in [0.5, 0.6) is 5.75 Å². The molecule has 1 aromatic rings. The van der Waals surface area contributed by atoms with Gasteiger partial charge in [0.2, 0.25) is 0 Å². The molecular formula is C19H23N3O4. The van der Waals surface area contributed by atoms with Gasteiger partial charge in [0.25, 0.3) is 0 Å². The Hall–Kier alpha value is -2.75. The summed E-state index contributed by atoms with van der Waals surface area (Å²) in [5, 5.41) is 11.5. The van der Waals surface area contributed by atoms with E-state index in [4.69, 9.17) is 14.7 Å². The summed E-state index contributed by atoms with van der Waals surface area (Å²) in [6.07, 6.45) is 3.09. The van der Waals surface area contributed by atoms with Crippen molar-refractivity contribution in [3.63, 3.8) is 0 Å². The Kier molecular flexibility index (Phi) is 5.61. The van der Waals surface area contributed by atoms with Gasteiger partial charge >= 0.3 is 12.0 Å². The number of nitrogens with one attached hydrogen (secondary N) is 1. The molecule has 138 valence electrons. The molecule has 1 aliphatic carbocycles. The van der Waals surface area contributed by atoms with Crippen molar-refractivity contribution in [3.8, 4) is 11.8 Å². The molecule has 0 aromatic heterocycles. The molecule has 1 heterocycles. The SMILES string of the molecule is COC(=O)C1CCC(N2C(=O)NCC2c2ccc(OCC#N)cc2)CC1. The maximum Gasteiger partial charge on any atom is 0.318 e. The van der Waals surface area contributed by atoms with Crippen molar-refractivity contribution >= 4 is 12.0 Å². The second-order valence-corrected chi connectivity index (χ2v) is 6.65. The van der Waals surface area contributed by atoms with Gasteiger partial charge in [0.1, 0.15) is 11.8 Å². The first kappa shape index (κ1) is 18.1. The molecule has 1 saturated heterocycles. The van der Waals surface area contributed by atoms with E-state index in [1.165, 1.54) is 7.11 Å². The summed E-state index contributed by atoms with van der Waals surface area (Å²) in [5.41, 5.74) is 1.03. The molecule has 1 atom stereocenters. The van der Waals surface area contributed by atoms with Crippen molar-refractivity contribution in [1.82, 2.24) is 10.2 Å². The monoisotopic (exact) mass is 357 g/mol. The molecule has 26 heavy (non-hydrogen) atoms. The number of nitrogens with zero attached hydrogens (tertiary/aromatic N) is 2. The summed E-state index contributed by atoms with van der Waals surface area (Å²) in [4.78, 5) is 26.0. The van der Waals surface area contributed by atoms with Crippen LogP contribution in [0.3, 0.4) is 0 Å². The summed E-state index contributed by atoms with van der Waals surface area (Å²) >= 11 is 0. The topological polar surface area (TPSA) is 91.7 Å². The Bertz CT molecular complexity index is 690. The van der Waals surface area contributed by atoms with E-state index in [0.717, 1.165) is 31.2 Å². The summed E-state index contributed by atoms with van der Waals surface area (Å²) in [6.45, 7) is 0.576. The fourth-order valence-electron chi connectivity index (χ4n) is 3.87. The number of hydrogen-bond acceptors (Lipinski definition) is 5. The number of esters is 1. The number of urea groups is 1. The van der Waals surface area contributed by atoms with Crippen LogP contribution >= 0.6 is 0 Å². The molecule has 3 rings (SSSR count). The van der Waals surface area contributed by atoms with Gasteiger partial charge < -0.3 is 19.7 Å². The van der Waals surface area contributed by atoms with Crippen LogP contribution in [-0.2, 0) is 9.53 Å². The Morgan fingerprint density at radius 2 is 1.96 bits per heavy atom. The minimum absolute atomic E-state index is 0.0123. The molecule has 0 bridgehead atoms. The van der Waals surface area contributed by atoms with Crippen molar-refractivity contribution in [1.29, 1.82) is 5.26 Å². The highest BCUT2D eigenvalue weighted by Crippen LogP contribution is 2.35. The van der Waals surface area contributed by atoms with Gasteiger partial charge in [-0.15, -0.1) is 0 Å². The smallest absolute Gasteiger partial charge is 0.318 e. The predicted octanol–water partition coefficient (Wildman–Crippen LogP) is 2.39. The second kappa shape index (κ2) is 8.09. The molecule has 2 fully saturated rings. The summed E-state index contributed by atoms with van der Waals surface area (Å²) < 4.78 is 10.1. The first-order valence-electron chi connectivity index (χ1n) is 8.87. The molecule has 0 radical (unpaired) electrons. The maximum atomic E-state index is 12.4. The van der Waals surface area contributed by atoms with Crippen molar-refractivity contribution < 1.29 is 19.1 Å². The third-order valence-corrected chi connectivity index (χ3v) is 5.21.